The van der Waals surface area contributed by atoms with Crippen LogP contribution in [-0.2, 0) is 11.3 Å². The highest BCUT2D eigenvalue weighted by Crippen LogP contribution is 2.22. The lowest BCUT2D eigenvalue weighted by atomic mass is 10.3. The third-order valence-corrected chi connectivity index (χ3v) is 4.16. The summed E-state index contributed by atoms with van der Waals surface area (Å²) >= 11 is 1.68. The Morgan fingerprint density at radius 3 is 2.70 bits per heavy atom. The highest BCUT2D eigenvalue weighted by atomic mass is 32.1. The minimum absolute atomic E-state index is 0.0559. The summed E-state index contributed by atoms with van der Waals surface area (Å²) in [7, 11) is 0. The number of nitrogens with zero attached hydrogens (tertiary/aromatic N) is 2. The molecule has 0 spiro atoms. The van der Waals surface area contributed by atoms with E-state index in [-0.39, 0.29) is 11.9 Å². The molecule has 5 nitrogen and oxygen atoms in total. The lowest BCUT2D eigenvalue weighted by Crippen LogP contribution is -2.41. The predicted octanol–water partition coefficient (Wildman–Crippen LogP) is 1.99. The third-order valence-electron chi connectivity index (χ3n) is 3.10. The van der Waals surface area contributed by atoms with Crippen molar-refractivity contribution in [1.29, 1.82) is 0 Å². The van der Waals surface area contributed by atoms with E-state index < -0.39 is 0 Å². The van der Waals surface area contributed by atoms with Gasteiger partial charge in [-0.1, -0.05) is 6.92 Å². The maximum absolute atomic E-state index is 11.7. The van der Waals surface area contributed by atoms with Gasteiger partial charge in [0.15, 0.2) is 5.13 Å². The lowest BCUT2D eigenvalue weighted by Gasteiger charge is -2.16. The van der Waals surface area contributed by atoms with Crippen molar-refractivity contribution < 1.29 is 4.79 Å². The molecule has 1 atom stereocenters. The number of aromatic nitrogens is 1. The summed E-state index contributed by atoms with van der Waals surface area (Å²) in [6.07, 6.45) is 2.85. The van der Waals surface area contributed by atoms with Crippen molar-refractivity contribution in [3.8, 4) is 0 Å². The lowest BCUT2D eigenvalue weighted by molar-refractivity contribution is -0.122. The van der Waals surface area contributed by atoms with Crippen molar-refractivity contribution in [2.45, 2.75) is 46.7 Å². The second-order valence-corrected chi connectivity index (χ2v) is 5.77. The van der Waals surface area contributed by atoms with Crippen LogP contribution in [0, 0.1) is 0 Å². The van der Waals surface area contributed by atoms with Crippen LogP contribution >= 0.6 is 11.3 Å². The zero-order valence-electron chi connectivity index (χ0n) is 12.9. The van der Waals surface area contributed by atoms with Crippen LogP contribution in [0.25, 0.3) is 0 Å². The van der Waals surface area contributed by atoms with Crippen LogP contribution in [0.5, 0.6) is 0 Å². The molecule has 0 bridgehead atoms. The number of thiazole rings is 1. The zero-order chi connectivity index (χ0) is 15.0. The van der Waals surface area contributed by atoms with Gasteiger partial charge in [-0.05, 0) is 27.2 Å². The van der Waals surface area contributed by atoms with E-state index in [0.29, 0.717) is 6.54 Å². The number of nitrogens with one attached hydrogen (secondary N) is 2. The van der Waals surface area contributed by atoms with E-state index in [1.165, 1.54) is 0 Å². The van der Waals surface area contributed by atoms with Crippen LogP contribution in [0.15, 0.2) is 6.20 Å². The van der Waals surface area contributed by atoms with E-state index in [1.807, 2.05) is 20.0 Å². The maximum atomic E-state index is 11.7. The number of hydrogen-bond donors (Lipinski definition) is 2. The minimum Gasteiger partial charge on any atom is -0.355 e. The summed E-state index contributed by atoms with van der Waals surface area (Å²) in [5.41, 5.74) is 0. The van der Waals surface area contributed by atoms with Gasteiger partial charge in [-0.3, -0.25) is 4.79 Å². The van der Waals surface area contributed by atoms with E-state index in [4.69, 9.17) is 0 Å². The monoisotopic (exact) mass is 298 g/mol. The summed E-state index contributed by atoms with van der Waals surface area (Å²) in [4.78, 5) is 19.6. The molecule has 2 N–H and O–H groups in total. The van der Waals surface area contributed by atoms with Gasteiger partial charge < -0.3 is 15.5 Å². The van der Waals surface area contributed by atoms with E-state index in [2.05, 4.69) is 34.4 Å². The van der Waals surface area contributed by atoms with E-state index >= 15 is 0 Å². The van der Waals surface area contributed by atoms with Gasteiger partial charge in [0.25, 0.3) is 0 Å². The molecule has 1 aromatic rings. The van der Waals surface area contributed by atoms with E-state index in [9.17, 15) is 4.79 Å². The van der Waals surface area contributed by atoms with Gasteiger partial charge in [0, 0.05) is 37.3 Å². The molecule has 0 saturated heterocycles. The van der Waals surface area contributed by atoms with Gasteiger partial charge >= 0.3 is 0 Å². The largest absolute Gasteiger partial charge is 0.355 e. The van der Waals surface area contributed by atoms with Gasteiger partial charge in [-0.2, -0.15) is 0 Å². The minimum atomic E-state index is -0.180. The smallest absolute Gasteiger partial charge is 0.236 e. The molecule has 1 unspecified atom stereocenters. The second-order valence-electron chi connectivity index (χ2n) is 4.68. The molecule has 0 saturated carbocycles. The maximum Gasteiger partial charge on any atom is 0.236 e. The van der Waals surface area contributed by atoms with Crippen LogP contribution < -0.4 is 15.5 Å². The van der Waals surface area contributed by atoms with Crippen LogP contribution in [0.3, 0.4) is 0 Å². The third kappa shape index (κ3) is 5.09. The average molecular weight is 298 g/mol. The van der Waals surface area contributed by atoms with Crippen molar-refractivity contribution in [1.82, 2.24) is 15.6 Å². The van der Waals surface area contributed by atoms with Crippen LogP contribution in [-0.4, -0.2) is 36.6 Å². The molecule has 114 valence electrons. The Morgan fingerprint density at radius 1 is 1.40 bits per heavy atom. The molecular weight excluding hydrogens is 272 g/mol. The number of hydrogen-bond acceptors (Lipinski definition) is 5. The number of amides is 1. The van der Waals surface area contributed by atoms with Crippen LogP contribution in [0.1, 0.15) is 39.0 Å². The van der Waals surface area contributed by atoms with Gasteiger partial charge in [0.05, 0.1) is 6.04 Å². The molecule has 20 heavy (non-hydrogen) atoms. The van der Waals surface area contributed by atoms with Crippen molar-refractivity contribution >= 4 is 22.4 Å². The first-order valence-electron chi connectivity index (χ1n) is 7.33. The fourth-order valence-electron chi connectivity index (χ4n) is 1.77. The molecule has 1 heterocycles. The quantitative estimate of drug-likeness (QED) is 0.732. The first-order chi connectivity index (χ1) is 9.62. The van der Waals surface area contributed by atoms with Gasteiger partial charge in [0.2, 0.25) is 5.91 Å². The van der Waals surface area contributed by atoms with Crippen molar-refractivity contribution in [2.24, 2.45) is 0 Å². The van der Waals surface area contributed by atoms with Crippen molar-refractivity contribution in [3.05, 3.63) is 11.1 Å². The van der Waals surface area contributed by atoms with Gasteiger partial charge in [-0.25, -0.2) is 4.98 Å². The predicted molar refractivity (Wildman–Crippen MR) is 85.3 cm³/mol. The van der Waals surface area contributed by atoms with Gasteiger partial charge in [-0.15, -0.1) is 11.3 Å². The Kier molecular flexibility index (Phi) is 7.54. The number of carbonyl (C=O) groups excluding carboxylic acids is 1. The summed E-state index contributed by atoms with van der Waals surface area (Å²) in [5.74, 6) is 0.0559. The number of rotatable bonds is 9. The van der Waals surface area contributed by atoms with Crippen molar-refractivity contribution in [2.75, 3.05) is 24.5 Å². The first-order valence-corrected chi connectivity index (χ1v) is 8.14. The van der Waals surface area contributed by atoms with Crippen molar-refractivity contribution in [3.63, 3.8) is 0 Å². The van der Waals surface area contributed by atoms with Crippen LogP contribution in [0.4, 0.5) is 5.13 Å². The van der Waals surface area contributed by atoms with E-state index in [0.717, 1.165) is 36.1 Å². The fourth-order valence-corrected chi connectivity index (χ4v) is 2.76. The molecule has 0 aliphatic carbocycles. The Hall–Kier alpha value is -1.14. The molecule has 6 heteroatoms. The first kappa shape index (κ1) is 16.9. The molecule has 0 radical (unpaired) electrons. The molecule has 0 fully saturated rings. The molecule has 1 rings (SSSR count). The topological polar surface area (TPSA) is 57.3 Å². The summed E-state index contributed by atoms with van der Waals surface area (Å²) in [6.45, 7) is 11.5. The van der Waals surface area contributed by atoms with Gasteiger partial charge in [0.1, 0.15) is 0 Å². The second kappa shape index (κ2) is 8.92. The summed E-state index contributed by atoms with van der Waals surface area (Å²) < 4.78 is 0. The Morgan fingerprint density at radius 2 is 2.10 bits per heavy atom. The van der Waals surface area contributed by atoms with E-state index in [1.54, 1.807) is 11.3 Å². The highest BCUT2D eigenvalue weighted by Gasteiger charge is 2.13. The Balaban J connectivity index is 2.43. The molecule has 1 amide bonds. The Bertz CT molecular complexity index is 404. The van der Waals surface area contributed by atoms with Crippen LogP contribution in [0.2, 0.25) is 0 Å². The molecule has 0 aliphatic rings. The SMILES string of the molecule is CCCNC(=O)C(C)NCc1cnc(N(CC)CC)s1. The zero-order valence-corrected chi connectivity index (χ0v) is 13.7. The molecule has 1 aromatic heterocycles. The standard InChI is InChI=1S/C14H26N4OS/c1-5-8-15-13(19)11(4)16-9-12-10-17-14(20-12)18(6-2)7-3/h10-11,16H,5-9H2,1-4H3,(H,15,19). The fraction of sp³-hybridized carbons (Fsp3) is 0.714. The molecular formula is C14H26N4OS. The summed E-state index contributed by atoms with van der Waals surface area (Å²) in [5, 5.41) is 7.17. The number of anilines is 1. The Labute approximate surface area is 125 Å². The number of carbonyl (C=O) groups is 1. The normalized spacial score (nSPS) is 12.2. The molecule has 0 aliphatic heterocycles. The molecule has 0 aromatic carbocycles. The average Bonchev–Trinajstić information content (AvgIpc) is 2.92. The summed E-state index contributed by atoms with van der Waals surface area (Å²) in [6, 6.07) is -0.180. The highest BCUT2D eigenvalue weighted by molar-refractivity contribution is 7.15.